The summed E-state index contributed by atoms with van der Waals surface area (Å²) in [7, 11) is 3.07. The van der Waals surface area contributed by atoms with Crippen LogP contribution in [0.25, 0.3) is 11.4 Å². The molecule has 6 heteroatoms. The van der Waals surface area contributed by atoms with Crippen molar-refractivity contribution in [3.05, 3.63) is 24.0 Å². The van der Waals surface area contributed by atoms with E-state index in [9.17, 15) is 4.39 Å². The molecule has 0 atom stereocenters. The molecule has 5 nitrogen and oxygen atoms in total. The largest absolute Gasteiger partial charge is 0.494 e. The molecule has 0 radical (unpaired) electrons. The number of halogens is 1. The number of hydrogen-bond acceptors (Lipinski definition) is 5. The molecule has 0 unspecified atom stereocenters. The summed E-state index contributed by atoms with van der Waals surface area (Å²) in [5.74, 6) is 0.0968. The third-order valence-electron chi connectivity index (χ3n) is 2.05. The lowest BCUT2D eigenvalue weighted by atomic mass is 10.2. The Morgan fingerprint density at radius 2 is 2.25 bits per heavy atom. The lowest BCUT2D eigenvalue weighted by Gasteiger charge is -2.02. The Morgan fingerprint density at radius 3 is 2.88 bits per heavy atom. The predicted octanol–water partition coefficient (Wildman–Crippen LogP) is 1.93. The van der Waals surface area contributed by atoms with E-state index < -0.39 is 5.82 Å². The van der Waals surface area contributed by atoms with E-state index in [1.165, 1.54) is 19.2 Å². The number of nitrogens with zero attached hydrogens (tertiary/aromatic N) is 2. The van der Waals surface area contributed by atoms with E-state index in [-0.39, 0.29) is 5.75 Å². The second kappa shape index (κ2) is 4.18. The minimum Gasteiger partial charge on any atom is -0.494 e. The van der Waals surface area contributed by atoms with Crippen molar-refractivity contribution < 1.29 is 13.7 Å². The maximum absolute atomic E-state index is 13.2. The van der Waals surface area contributed by atoms with Gasteiger partial charge in [0.2, 0.25) is 5.82 Å². The number of methoxy groups -OCH3 is 1. The van der Waals surface area contributed by atoms with Crippen LogP contribution < -0.4 is 10.1 Å². The van der Waals surface area contributed by atoms with Gasteiger partial charge in [-0.1, -0.05) is 5.16 Å². The number of aromatic nitrogens is 2. The molecule has 0 fully saturated rings. The van der Waals surface area contributed by atoms with Gasteiger partial charge in [0.05, 0.1) is 7.11 Å². The minimum atomic E-state index is -0.427. The minimum absolute atomic E-state index is 0.147. The normalized spacial score (nSPS) is 10.2. The Bertz CT molecular complexity index is 499. The van der Waals surface area contributed by atoms with E-state index in [0.29, 0.717) is 17.4 Å². The molecule has 0 amide bonds. The Kier molecular flexibility index (Phi) is 2.72. The van der Waals surface area contributed by atoms with Gasteiger partial charge in [-0.15, -0.1) is 0 Å². The highest BCUT2D eigenvalue weighted by atomic mass is 19.1. The molecule has 0 aliphatic heterocycles. The smallest absolute Gasteiger partial charge is 0.321 e. The zero-order chi connectivity index (χ0) is 11.5. The van der Waals surface area contributed by atoms with E-state index in [4.69, 9.17) is 9.26 Å². The first-order valence-corrected chi connectivity index (χ1v) is 4.60. The number of benzene rings is 1. The van der Waals surface area contributed by atoms with Crippen molar-refractivity contribution in [2.75, 3.05) is 19.5 Å². The summed E-state index contributed by atoms with van der Waals surface area (Å²) in [4.78, 5) is 4.04. The highest BCUT2D eigenvalue weighted by Gasteiger charge is 2.10. The second-order valence-electron chi connectivity index (χ2n) is 3.02. The van der Waals surface area contributed by atoms with Crippen LogP contribution in [-0.4, -0.2) is 24.3 Å². The van der Waals surface area contributed by atoms with Crippen LogP contribution in [0.1, 0.15) is 0 Å². The summed E-state index contributed by atoms with van der Waals surface area (Å²) in [6.07, 6.45) is 0. The standard InChI is InChI=1S/C10H10FN3O2/c1-12-10-13-9(14-16-10)6-3-4-7(11)8(5-6)15-2/h3-5H,1-2H3,(H,12,13,14). The first-order chi connectivity index (χ1) is 7.74. The van der Waals surface area contributed by atoms with Crippen LogP contribution in [0.3, 0.4) is 0 Å². The number of rotatable bonds is 3. The fourth-order valence-electron chi connectivity index (χ4n) is 1.24. The first kappa shape index (κ1) is 10.4. The molecule has 84 valence electrons. The average Bonchev–Trinajstić information content (AvgIpc) is 2.78. The van der Waals surface area contributed by atoms with Crippen molar-refractivity contribution in [2.45, 2.75) is 0 Å². The zero-order valence-electron chi connectivity index (χ0n) is 8.82. The van der Waals surface area contributed by atoms with Gasteiger partial charge in [0.25, 0.3) is 0 Å². The van der Waals surface area contributed by atoms with E-state index in [2.05, 4.69) is 15.5 Å². The van der Waals surface area contributed by atoms with Crippen LogP contribution in [0.2, 0.25) is 0 Å². The number of ether oxygens (including phenoxy) is 1. The molecule has 0 saturated carbocycles. The highest BCUT2D eigenvalue weighted by Crippen LogP contribution is 2.24. The maximum Gasteiger partial charge on any atom is 0.321 e. The number of anilines is 1. The van der Waals surface area contributed by atoms with Crippen molar-refractivity contribution in [1.29, 1.82) is 0 Å². The lowest BCUT2D eigenvalue weighted by Crippen LogP contribution is -1.90. The topological polar surface area (TPSA) is 60.2 Å². The van der Waals surface area contributed by atoms with Crippen molar-refractivity contribution in [1.82, 2.24) is 10.1 Å². The van der Waals surface area contributed by atoms with E-state index in [1.54, 1.807) is 13.1 Å². The lowest BCUT2D eigenvalue weighted by molar-refractivity contribution is 0.386. The number of nitrogens with one attached hydrogen (secondary N) is 1. The Hall–Kier alpha value is -2.11. The van der Waals surface area contributed by atoms with Gasteiger partial charge in [-0.2, -0.15) is 4.98 Å². The van der Waals surface area contributed by atoms with Crippen LogP contribution >= 0.6 is 0 Å². The average molecular weight is 223 g/mol. The molecular weight excluding hydrogens is 213 g/mol. The van der Waals surface area contributed by atoms with Crippen LogP contribution in [0, 0.1) is 5.82 Å². The first-order valence-electron chi connectivity index (χ1n) is 4.60. The Labute approximate surface area is 91.2 Å². The van der Waals surface area contributed by atoms with Gasteiger partial charge >= 0.3 is 6.01 Å². The van der Waals surface area contributed by atoms with Crippen LogP contribution in [-0.2, 0) is 0 Å². The molecule has 1 N–H and O–H groups in total. The Balaban J connectivity index is 2.40. The molecule has 1 aromatic carbocycles. The van der Waals surface area contributed by atoms with Crippen LogP contribution in [0.15, 0.2) is 22.7 Å². The molecule has 0 saturated heterocycles. The predicted molar refractivity (Wildman–Crippen MR) is 55.8 cm³/mol. The second-order valence-corrected chi connectivity index (χ2v) is 3.02. The molecule has 0 aliphatic carbocycles. The summed E-state index contributed by atoms with van der Waals surface area (Å²) < 4.78 is 22.9. The molecule has 1 heterocycles. The maximum atomic E-state index is 13.2. The van der Waals surface area contributed by atoms with Crippen molar-refractivity contribution >= 4 is 6.01 Å². The quantitative estimate of drug-likeness (QED) is 0.861. The fraction of sp³-hybridized carbons (Fsp3) is 0.200. The monoisotopic (exact) mass is 223 g/mol. The summed E-state index contributed by atoms with van der Waals surface area (Å²) in [5, 5.41) is 6.45. The van der Waals surface area contributed by atoms with Crippen molar-refractivity contribution in [3.8, 4) is 17.1 Å². The third kappa shape index (κ3) is 1.81. The SMILES string of the molecule is CNc1nc(-c2ccc(F)c(OC)c2)no1. The highest BCUT2D eigenvalue weighted by molar-refractivity contribution is 5.58. The molecule has 2 rings (SSSR count). The fourth-order valence-corrected chi connectivity index (χ4v) is 1.24. The van der Waals surface area contributed by atoms with Gasteiger partial charge in [-0.05, 0) is 18.2 Å². The summed E-state index contributed by atoms with van der Waals surface area (Å²) in [6, 6.07) is 4.67. The molecule has 2 aromatic rings. The summed E-state index contributed by atoms with van der Waals surface area (Å²) in [5.41, 5.74) is 0.628. The Morgan fingerprint density at radius 1 is 1.44 bits per heavy atom. The van der Waals surface area contributed by atoms with Gasteiger partial charge < -0.3 is 14.6 Å². The summed E-state index contributed by atoms with van der Waals surface area (Å²) >= 11 is 0. The third-order valence-corrected chi connectivity index (χ3v) is 2.05. The number of hydrogen-bond donors (Lipinski definition) is 1. The van der Waals surface area contributed by atoms with Gasteiger partial charge in [0, 0.05) is 12.6 Å². The van der Waals surface area contributed by atoms with E-state index >= 15 is 0 Å². The van der Waals surface area contributed by atoms with Crippen molar-refractivity contribution in [3.63, 3.8) is 0 Å². The van der Waals surface area contributed by atoms with Gasteiger partial charge in [0.1, 0.15) is 0 Å². The van der Waals surface area contributed by atoms with E-state index in [0.717, 1.165) is 0 Å². The van der Waals surface area contributed by atoms with Gasteiger partial charge in [-0.25, -0.2) is 4.39 Å². The molecule has 16 heavy (non-hydrogen) atoms. The van der Waals surface area contributed by atoms with Crippen LogP contribution in [0.5, 0.6) is 5.75 Å². The molecule has 0 bridgehead atoms. The summed E-state index contributed by atoms with van der Waals surface area (Å²) in [6.45, 7) is 0. The van der Waals surface area contributed by atoms with Crippen molar-refractivity contribution in [2.24, 2.45) is 0 Å². The van der Waals surface area contributed by atoms with Crippen LogP contribution in [0.4, 0.5) is 10.4 Å². The molecule has 0 spiro atoms. The van der Waals surface area contributed by atoms with Gasteiger partial charge in [-0.3, -0.25) is 0 Å². The molecule has 0 aliphatic rings. The zero-order valence-corrected chi connectivity index (χ0v) is 8.82. The molecular formula is C10H10FN3O2. The van der Waals surface area contributed by atoms with E-state index in [1.807, 2.05) is 0 Å². The van der Waals surface area contributed by atoms with Gasteiger partial charge in [0.15, 0.2) is 11.6 Å². The molecule has 1 aromatic heterocycles.